The second kappa shape index (κ2) is 7.63. The molecule has 2 aromatic carbocycles. The number of ether oxygens (including phenoxy) is 1. The lowest BCUT2D eigenvalue weighted by molar-refractivity contribution is 0.102. The van der Waals surface area contributed by atoms with E-state index in [1.54, 1.807) is 37.3 Å². The molecule has 7 heteroatoms. The fourth-order valence-electron chi connectivity index (χ4n) is 2.89. The van der Waals surface area contributed by atoms with Crippen molar-refractivity contribution in [2.45, 2.75) is 20.5 Å². The minimum absolute atomic E-state index is 0.0768. The molecule has 4 aromatic rings. The van der Waals surface area contributed by atoms with Crippen LogP contribution in [0.2, 0.25) is 0 Å². The summed E-state index contributed by atoms with van der Waals surface area (Å²) in [7, 11) is 0. The summed E-state index contributed by atoms with van der Waals surface area (Å²) in [5.41, 5.74) is 2.75. The molecule has 0 saturated carbocycles. The van der Waals surface area contributed by atoms with Crippen LogP contribution in [0.3, 0.4) is 0 Å². The summed E-state index contributed by atoms with van der Waals surface area (Å²) >= 11 is 0. The van der Waals surface area contributed by atoms with Crippen molar-refractivity contribution in [3.63, 3.8) is 0 Å². The average Bonchev–Trinajstić information content (AvgIpc) is 3.08. The largest absolute Gasteiger partial charge is 0.485 e. The predicted molar refractivity (Wildman–Crippen MR) is 108 cm³/mol. The third kappa shape index (κ3) is 4.03. The van der Waals surface area contributed by atoms with Crippen LogP contribution in [0.4, 0.5) is 5.69 Å². The van der Waals surface area contributed by atoms with Crippen LogP contribution in [-0.4, -0.2) is 15.5 Å². The van der Waals surface area contributed by atoms with E-state index in [0.717, 1.165) is 10.1 Å². The maximum atomic E-state index is 12.5. The van der Waals surface area contributed by atoms with Crippen LogP contribution in [0.1, 0.15) is 27.4 Å². The highest BCUT2D eigenvalue weighted by atomic mass is 16.5. The van der Waals surface area contributed by atoms with Gasteiger partial charge in [-0.05, 0) is 38.1 Å². The summed E-state index contributed by atoms with van der Waals surface area (Å²) < 4.78 is 12.2. The molecule has 7 nitrogen and oxygen atoms in total. The third-order valence-corrected chi connectivity index (χ3v) is 4.35. The van der Waals surface area contributed by atoms with Crippen LogP contribution in [0, 0.1) is 13.8 Å². The van der Waals surface area contributed by atoms with Crippen molar-refractivity contribution in [2.24, 2.45) is 0 Å². The molecular weight excluding hydrogens is 370 g/mol. The molecule has 4 rings (SSSR count). The number of rotatable bonds is 5. The second-order valence-corrected chi connectivity index (χ2v) is 6.69. The predicted octanol–water partition coefficient (Wildman–Crippen LogP) is 3.74. The number of para-hydroxylation sites is 2. The number of carbonyl (C=O) groups is 1. The molecule has 0 aliphatic carbocycles. The van der Waals surface area contributed by atoms with Gasteiger partial charge in [-0.3, -0.25) is 9.59 Å². The topological polar surface area (TPSA) is 85.8 Å². The van der Waals surface area contributed by atoms with Gasteiger partial charge in [-0.25, -0.2) is 4.98 Å². The van der Waals surface area contributed by atoms with Crippen molar-refractivity contribution in [3.05, 3.63) is 93.6 Å². The fraction of sp³-hybridized carbons (Fsp3) is 0.136. The van der Waals surface area contributed by atoms with Crippen molar-refractivity contribution >= 4 is 17.2 Å². The van der Waals surface area contributed by atoms with E-state index in [-0.39, 0.29) is 18.1 Å². The number of aryl methyl sites for hydroxylation is 2. The van der Waals surface area contributed by atoms with Gasteiger partial charge in [0.2, 0.25) is 0 Å². The number of aromatic nitrogens is 2. The van der Waals surface area contributed by atoms with Crippen LogP contribution in [-0.2, 0) is 6.61 Å². The molecule has 0 atom stereocenters. The molecule has 0 radical (unpaired) electrons. The van der Waals surface area contributed by atoms with Gasteiger partial charge in [-0.1, -0.05) is 29.8 Å². The maximum Gasteiger partial charge on any atom is 0.287 e. The lowest BCUT2D eigenvalue weighted by Crippen LogP contribution is -2.15. The first-order chi connectivity index (χ1) is 14.0. The van der Waals surface area contributed by atoms with Crippen molar-refractivity contribution in [1.29, 1.82) is 0 Å². The molecule has 0 aliphatic heterocycles. The Bertz CT molecular complexity index is 1240. The van der Waals surface area contributed by atoms with Crippen LogP contribution < -0.4 is 15.6 Å². The van der Waals surface area contributed by atoms with E-state index in [1.165, 1.54) is 6.07 Å². The number of fused-ring (bicyclic) bond motifs is 1. The summed E-state index contributed by atoms with van der Waals surface area (Å²) in [4.78, 5) is 29.0. The Kier molecular flexibility index (Phi) is 4.87. The molecule has 1 N–H and O–H groups in total. The number of nitrogens with zero attached hydrogens (tertiary/aromatic N) is 2. The number of anilines is 1. The Morgan fingerprint density at radius 3 is 2.66 bits per heavy atom. The summed E-state index contributed by atoms with van der Waals surface area (Å²) in [6, 6.07) is 17.5. The van der Waals surface area contributed by atoms with Crippen molar-refractivity contribution in [3.8, 4) is 5.75 Å². The van der Waals surface area contributed by atoms with Gasteiger partial charge in [0.25, 0.3) is 11.5 Å². The molecule has 29 heavy (non-hydrogen) atoms. The lowest BCUT2D eigenvalue weighted by atomic mass is 10.1. The van der Waals surface area contributed by atoms with E-state index < -0.39 is 0 Å². The molecule has 1 amide bonds. The molecule has 0 saturated heterocycles. The highest BCUT2D eigenvalue weighted by Gasteiger charge is 2.11. The zero-order valence-electron chi connectivity index (χ0n) is 16.0. The lowest BCUT2D eigenvalue weighted by Gasteiger charge is -2.12. The van der Waals surface area contributed by atoms with Gasteiger partial charge in [-0.15, -0.1) is 4.57 Å². The van der Waals surface area contributed by atoms with E-state index >= 15 is 0 Å². The highest BCUT2D eigenvalue weighted by Crippen LogP contribution is 2.25. The molecule has 0 fully saturated rings. The summed E-state index contributed by atoms with van der Waals surface area (Å²) in [5.74, 6) is 0.850. The maximum absolute atomic E-state index is 12.5. The minimum Gasteiger partial charge on any atom is -0.485 e. The van der Waals surface area contributed by atoms with Crippen molar-refractivity contribution in [2.75, 3.05) is 5.32 Å². The summed E-state index contributed by atoms with van der Waals surface area (Å²) in [5, 5.41) is 2.86. The third-order valence-electron chi connectivity index (χ3n) is 4.35. The smallest absolute Gasteiger partial charge is 0.287 e. The molecule has 0 bridgehead atoms. The van der Waals surface area contributed by atoms with E-state index in [9.17, 15) is 9.59 Å². The number of amides is 1. The van der Waals surface area contributed by atoms with E-state index in [4.69, 9.17) is 9.26 Å². The summed E-state index contributed by atoms with van der Waals surface area (Å²) in [6.45, 7) is 3.79. The number of hydrogen-bond donors (Lipinski definition) is 1. The van der Waals surface area contributed by atoms with Gasteiger partial charge in [0.05, 0.1) is 11.4 Å². The van der Waals surface area contributed by atoms with Crippen LogP contribution >= 0.6 is 0 Å². The number of carbonyl (C=O) groups excluding carboxylic acids is 1. The fourth-order valence-corrected chi connectivity index (χ4v) is 2.89. The average molecular weight is 389 g/mol. The number of nitrogens with one attached hydrogen (secondary N) is 1. The van der Waals surface area contributed by atoms with E-state index in [0.29, 0.717) is 34.1 Å². The normalized spacial score (nSPS) is 10.8. The first kappa shape index (κ1) is 18.5. The zero-order valence-corrected chi connectivity index (χ0v) is 16.0. The van der Waals surface area contributed by atoms with Gasteiger partial charge >= 0.3 is 0 Å². The standard InChI is InChI=1S/C22H19N3O4/c1-14-7-9-16(10-8-14)22(27)24-18-5-3-4-6-19(18)28-13-17-12-21(26)25-20(23-17)11-15(2)29-25/h3-12H,13H2,1-2H3,(H,24,27). The van der Waals surface area contributed by atoms with Gasteiger partial charge in [0.1, 0.15) is 18.1 Å². The van der Waals surface area contributed by atoms with Gasteiger partial charge < -0.3 is 14.6 Å². The van der Waals surface area contributed by atoms with Gasteiger partial charge in [-0.2, -0.15) is 0 Å². The molecule has 146 valence electrons. The molecule has 2 heterocycles. The Labute approximate surface area is 166 Å². The van der Waals surface area contributed by atoms with E-state index in [2.05, 4.69) is 10.3 Å². The molecule has 0 aliphatic rings. The second-order valence-electron chi connectivity index (χ2n) is 6.69. The van der Waals surface area contributed by atoms with E-state index in [1.807, 2.05) is 31.2 Å². The Hall–Kier alpha value is -3.87. The highest BCUT2D eigenvalue weighted by molar-refractivity contribution is 6.05. The van der Waals surface area contributed by atoms with Crippen LogP contribution in [0.25, 0.3) is 5.65 Å². The van der Waals surface area contributed by atoms with Crippen molar-refractivity contribution < 1.29 is 14.1 Å². The van der Waals surface area contributed by atoms with Gasteiger partial charge in [0, 0.05) is 17.7 Å². The number of hydrogen-bond acceptors (Lipinski definition) is 5. The Morgan fingerprint density at radius 2 is 1.86 bits per heavy atom. The first-order valence-corrected chi connectivity index (χ1v) is 9.09. The Morgan fingerprint density at radius 1 is 1.10 bits per heavy atom. The van der Waals surface area contributed by atoms with Crippen LogP contribution in [0.15, 0.2) is 70.0 Å². The molecule has 0 spiro atoms. The minimum atomic E-state index is -0.317. The zero-order chi connectivity index (χ0) is 20.4. The monoisotopic (exact) mass is 389 g/mol. The molecule has 2 aromatic heterocycles. The van der Waals surface area contributed by atoms with Crippen molar-refractivity contribution in [1.82, 2.24) is 9.56 Å². The quantitative estimate of drug-likeness (QED) is 0.562. The Balaban J connectivity index is 1.52. The molecule has 0 unspecified atom stereocenters. The molecular formula is C22H19N3O4. The van der Waals surface area contributed by atoms with Crippen LogP contribution in [0.5, 0.6) is 5.75 Å². The SMILES string of the molecule is Cc1ccc(C(=O)Nc2ccccc2OCc2cc(=O)n3oc(C)cc3n2)cc1. The van der Waals surface area contributed by atoms with Gasteiger partial charge in [0.15, 0.2) is 5.65 Å². The number of benzene rings is 2. The first-order valence-electron chi connectivity index (χ1n) is 9.09. The summed E-state index contributed by atoms with van der Waals surface area (Å²) in [6.07, 6.45) is 0.